The number of carbonyl (C=O) groups is 1. The van der Waals surface area contributed by atoms with E-state index < -0.39 is 32.6 Å². The maximum absolute atomic E-state index is 14.7. The predicted octanol–water partition coefficient (Wildman–Crippen LogP) is 6.67. The molecule has 48 heavy (non-hydrogen) atoms. The van der Waals surface area contributed by atoms with Crippen molar-refractivity contribution in [1.82, 2.24) is 8.61 Å². The van der Waals surface area contributed by atoms with Crippen LogP contribution in [0.5, 0.6) is 0 Å². The van der Waals surface area contributed by atoms with Gasteiger partial charge in [-0.25, -0.2) is 30.2 Å². The van der Waals surface area contributed by atoms with Gasteiger partial charge in [-0.2, -0.15) is 0 Å². The van der Waals surface area contributed by atoms with E-state index in [1.54, 1.807) is 67.6 Å². The van der Waals surface area contributed by atoms with Crippen LogP contribution in [0.15, 0.2) is 134 Å². The maximum Gasteiger partial charge on any atom is 0.342 e. The highest BCUT2D eigenvalue weighted by atomic mass is 127. The molecule has 0 aliphatic carbocycles. The lowest BCUT2D eigenvalue weighted by Gasteiger charge is -2.38. The monoisotopic (exact) mass is 792 g/mol. The summed E-state index contributed by atoms with van der Waals surface area (Å²) in [6, 6.07) is 30.4. The molecular weight excluding hydrogens is 759 g/mol. The molecule has 1 aliphatic heterocycles. The number of sulfonamides is 2. The molecule has 0 radical (unpaired) electrons. The molecule has 1 aliphatic rings. The van der Waals surface area contributed by atoms with Crippen molar-refractivity contribution in [2.24, 2.45) is 0 Å². The second-order valence-corrected chi connectivity index (χ2v) is 15.9. The average molecular weight is 793 g/mol. The van der Waals surface area contributed by atoms with Gasteiger partial charge in [0.05, 0.1) is 29.5 Å². The molecule has 0 bridgehead atoms. The van der Waals surface area contributed by atoms with Crippen molar-refractivity contribution >= 4 is 54.2 Å². The van der Waals surface area contributed by atoms with Crippen molar-refractivity contribution in [1.29, 1.82) is 0 Å². The van der Waals surface area contributed by atoms with E-state index >= 15 is 0 Å². The van der Waals surface area contributed by atoms with Crippen LogP contribution in [-0.2, 0) is 29.6 Å². The number of aryl methyl sites for hydroxylation is 2. The lowest BCUT2D eigenvalue weighted by Crippen LogP contribution is -2.46. The Morgan fingerprint density at radius 1 is 0.812 bits per heavy atom. The predicted molar refractivity (Wildman–Crippen MR) is 195 cm³/mol. The van der Waals surface area contributed by atoms with Gasteiger partial charge in [-0.05, 0) is 85.3 Å². The van der Waals surface area contributed by atoms with Crippen LogP contribution in [0.25, 0.3) is 5.57 Å². The van der Waals surface area contributed by atoms with Crippen LogP contribution in [0.3, 0.4) is 0 Å². The smallest absolute Gasteiger partial charge is 0.342 e. The Kier molecular flexibility index (Phi) is 10.8. The molecule has 0 atom stereocenters. The second kappa shape index (κ2) is 14.8. The van der Waals surface area contributed by atoms with Crippen molar-refractivity contribution in [2.45, 2.75) is 30.6 Å². The van der Waals surface area contributed by atoms with Crippen molar-refractivity contribution in [2.75, 3.05) is 19.7 Å². The highest BCUT2D eigenvalue weighted by Gasteiger charge is 2.44. The van der Waals surface area contributed by atoms with Crippen LogP contribution in [0.2, 0.25) is 0 Å². The van der Waals surface area contributed by atoms with E-state index in [0.29, 0.717) is 20.3 Å². The molecule has 0 unspecified atom stereocenters. The summed E-state index contributed by atoms with van der Waals surface area (Å²) in [5.41, 5.74) is 3.08. The van der Waals surface area contributed by atoms with Gasteiger partial charge < -0.3 is 4.74 Å². The number of carbonyl (C=O) groups excluding carboxylic acids is 1. The molecule has 1 heterocycles. The Hall–Kier alpha value is -4.38. The maximum atomic E-state index is 14.7. The van der Waals surface area contributed by atoms with E-state index in [4.69, 9.17) is 4.74 Å². The third-order valence-electron chi connectivity index (χ3n) is 7.49. The van der Waals surface area contributed by atoms with Gasteiger partial charge in [0.2, 0.25) is 0 Å². The third kappa shape index (κ3) is 7.36. The minimum absolute atomic E-state index is 0.0303. The minimum Gasteiger partial charge on any atom is -0.462 e. The quantitative estimate of drug-likeness (QED) is 0.107. The number of halogens is 1. The largest absolute Gasteiger partial charge is 0.462 e. The first kappa shape index (κ1) is 34.9. The number of hydrogen-bond acceptors (Lipinski definition) is 6. The fourth-order valence-electron chi connectivity index (χ4n) is 5.09. The van der Waals surface area contributed by atoms with Gasteiger partial charge in [0.1, 0.15) is 11.4 Å². The van der Waals surface area contributed by atoms with E-state index in [9.17, 15) is 21.6 Å². The summed E-state index contributed by atoms with van der Waals surface area (Å²) in [6.45, 7) is 4.55. The fraction of sp³-hybridized carbons (Fsp3) is 0.162. The molecule has 0 saturated heterocycles. The summed E-state index contributed by atoms with van der Waals surface area (Å²) in [7, 11) is -8.97. The van der Waals surface area contributed by atoms with E-state index in [2.05, 4.69) is 11.8 Å². The molecule has 4 aromatic rings. The summed E-state index contributed by atoms with van der Waals surface area (Å²) in [5, 5.41) is 0. The molecule has 0 spiro atoms. The lowest BCUT2D eigenvalue weighted by molar-refractivity contribution is -0.138. The SMILES string of the molecule is CCOC(=O)C1=C(N(CC#Cc2ccccc2)S(=O)(=O)c2ccc(C)cc2)N(S(=O)(=O)c2ccc(C)cc2)CC(I)=C1c1ccccc1. The fourth-order valence-corrected chi connectivity index (χ4v) is 9.13. The van der Waals surface area contributed by atoms with Crippen molar-refractivity contribution in [3.63, 3.8) is 0 Å². The van der Waals surface area contributed by atoms with Crippen molar-refractivity contribution < 1.29 is 26.4 Å². The molecule has 5 rings (SSSR count). The van der Waals surface area contributed by atoms with Gasteiger partial charge in [0.15, 0.2) is 0 Å². The third-order valence-corrected chi connectivity index (χ3v) is 11.9. The Balaban J connectivity index is 1.87. The summed E-state index contributed by atoms with van der Waals surface area (Å²) < 4.78 is 66.6. The van der Waals surface area contributed by atoms with Crippen LogP contribution < -0.4 is 0 Å². The van der Waals surface area contributed by atoms with Crippen LogP contribution in [0.1, 0.15) is 29.2 Å². The molecule has 0 fully saturated rings. The van der Waals surface area contributed by atoms with Crippen LogP contribution >= 0.6 is 22.6 Å². The number of nitrogens with zero attached hydrogens (tertiary/aromatic N) is 2. The van der Waals surface area contributed by atoms with Gasteiger partial charge in [0.25, 0.3) is 20.0 Å². The summed E-state index contributed by atoms with van der Waals surface area (Å²) in [6.07, 6.45) is 0. The van der Waals surface area contributed by atoms with Gasteiger partial charge >= 0.3 is 5.97 Å². The Labute approximate surface area is 296 Å². The van der Waals surface area contributed by atoms with Crippen molar-refractivity contribution in [3.05, 3.63) is 146 Å². The summed E-state index contributed by atoms with van der Waals surface area (Å²) in [4.78, 5) is 13.9. The Morgan fingerprint density at radius 3 is 1.92 bits per heavy atom. The van der Waals surface area contributed by atoms with Gasteiger partial charge in [-0.1, -0.05) is 95.8 Å². The second-order valence-electron chi connectivity index (χ2n) is 10.9. The summed E-state index contributed by atoms with van der Waals surface area (Å²) in [5.74, 6) is 4.68. The van der Waals surface area contributed by atoms with Gasteiger partial charge in [-0.3, -0.25) is 0 Å². The zero-order valence-corrected chi connectivity index (χ0v) is 30.3. The molecule has 0 saturated carbocycles. The van der Waals surface area contributed by atoms with Crippen LogP contribution in [-0.4, -0.2) is 51.1 Å². The van der Waals surface area contributed by atoms with Gasteiger partial charge in [0, 0.05) is 14.7 Å². The number of benzene rings is 4. The highest BCUT2D eigenvalue weighted by molar-refractivity contribution is 14.1. The molecule has 4 aromatic carbocycles. The number of ether oxygens (including phenoxy) is 1. The average Bonchev–Trinajstić information content (AvgIpc) is 3.07. The van der Waals surface area contributed by atoms with E-state index in [-0.39, 0.29) is 34.3 Å². The summed E-state index contributed by atoms with van der Waals surface area (Å²) >= 11 is 2.02. The minimum atomic E-state index is -4.52. The standard InChI is InChI=1S/C37H33IN2O6S2/c1-4-46-37(41)35-34(30-15-9-6-10-16-30)33(38)26-40(48(44,45)32-23-19-28(3)20-24-32)36(35)39(25-11-14-29-12-7-5-8-13-29)47(42,43)31-21-17-27(2)18-22-31/h5-10,12-13,15-24H,4,25-26H2,1-3H3. The number of hydrogen-bond donors (Lipinski definition) is 0. The Bertz CT molecular complexity index is 2150. The number of rotatable bonds is 9. The van der Waals surface area contributed by atoms with Crippen LogP contribution in [0.4, 0.5) is 0 Å². The molecule has 11 heteroatoms. The first-order valence-corrected chi connectivity index (χ1v) is 19.0. The molecule has 246 valence electrons. The topological polar surface area (TPSA) is 101 Å². The molecule has 8 nitrogen and oxygen atoms in total. The molecule has 0 aromatic heterocycles. The van der Waals surface area contributed by atoms with E-state index in [1.807, 2.05) is 60.7 Å². The zero-order chi connectivity index (χ0) is 34.5. The van der Waals surface area contributed by atoms with Gasteiger partial charge in [-0.15, -0.1) is 0 Å². The van der Waals surface area contributed by atoms with E-state index in [0.717, 1.165) is 19.7 Å². The lowest BCUT2D eigenvalue weighted by atomic mass is 9.95. The van der Waals surface area contributed by atoms with Crippen molar-refractivity contribution in [3.8, 4) is 11.8 Å². The highest BCUT2D eigenvalue weighted by Crippen LogP contribution is 2.43. The molecular formula is C37H33IN2O6S2. The van der Waals surface area contributed by atoms with E-state index in [1.165, 1.54) is 24.3 Å². The Morgan fingerprint density at radius 2 is 1.35 bits per heavy atom. The molecule has 0 N–H and O–H groups in total. The first-order valence-electron chi connectivity index (χ1n) is 15.0. The molecule has 0 amide bonds. The van der Waals surface area contributed by atoms with Crippen LogP contribution in [0, 0.1) is 25.7 Å². The normalized spacial score (nSPS) is 13.5. The first-order chi connectivity index (χ1) is 22.9. The zero-order valence-electron chi connectivity index (χ0n) is 26.6. The number of esters is 1.